The summed E-state index contributed by atoms with van der Waals surface area (Å²) in [4.78, 5) is 3.90. The third-order valence-electron chi connectivity index (χ3n) is 2.68. The van der Waals surface area contributed by atoms with Gasteiger partial charge in [0, 0.05) is 25.2 Å². The first-order valence-electron chi connectivity index (χ1n) is 6.05. The molecule has 20 heavy (non-hydrogen) atoms. The fraction of sp³-hybridized carbons (Fsp3) is 0.308. The number of benzene rings is 1. The maximum absolute atomic E-state index is 8.78. The molecular formula is C13H14ClN5O. The molecule has 0 saturated heterocycles. The number of nitrogens with one attached hydrogen (secondary N) is 1. The molecule has 0 aliphatic carbocycles. The molecule has 1 aromatic carbocycles. The molecule has 0 saturated carbocycles. The van der Waals surface area contributed by atoms with Crippen LogP contribution in [-0.4, -0.2) is 35.0 Å². The van der Waals surface area contributed by atoms with Gasteiger partial charge in [0.05, 0.1) is 12.3 Å². The van der Waals surface area contributed by atoms with Crippen LogP contribution in [0.25, 0.3) is 5.69 Å². The lowest BCUT2D eigenvalue weighted by Crippen LogP contribution is -2.19. The van der Waals surface area contributed by atoms with E-state index in [9.17, 15) is 0 Å². The molecule has 0 aliphatic heterocycles. The first-order valence-corrected chi connectivity index (χ1v) is 6.42. The monoisotopic (exact) mass is 291 g/mol. The van der Waals surface area contributed by atoms with Crippen LogP contribution in [0.2, 0.25) is 5.02 Å². The van der Waals surface area contributed by atoms with Gasteiger partial charge in [0.1, 0.15) is 12.4 Å². The van der Waals surface area contributed by atoms with Gasteiger partial charge in [0.15, 0.2) is 0 Å². The molecule has 0 bridgehead atoms. The van der Waals surface area contributed by atoms with Gasteiger partial charge in [-0.1, -0.05) is 17.7 Å². The average molecular weight is 292 g/mol. The first kappa shape index (κ1) is 14.5. The molecule has 104 valence electrons. The summed E-state index contributed by atoms with van der Waals surface area (Å²) >= 11 is 6.02. The second-order valence-corrected chi connectivity index (χ2v) is 4.50. The number of nitriles is 1. The standard InChI is InChI=1S/C13H14ClN5O/c1-20-5-4-16-8-10-2-3-11(14)6-12(10)19-9-17-13(7-15)18-19/h2-3,6,9,16H,4-5,8H2,1H3. The Morgan fingerprint density at radius 3 is 3.05 bits per heavy atom. The fourth-order valence-electron chi connectivity index (χ4n) is 1.73. The minimum absolute atomic E-state index is 0.128. The summed E-state index contributed by atoms with van der Waals surface area (Å²) in [5.74, 6) is 0.128. The molecule has 0 spiro atoms. The van der Waals surface area contributed by atoms with Crippen molar-refractivity contribution < 1.29 is 4.74 Å². The quantitative estimate of drug-likeness (QED) is 0.817. The molecule has 6 nitrogen and oxygen atoms in total. The van der Waals surface area contributed by atoms with E-state index >= 15 is 0 Å². The molecule has 0 amide bonds. The number of hydrogen-bond acceptors (Lipinski definition) is 5. The zero-order valence-corrected chi connectivity index (χ0v) is 11.8. The molecule has 0 unspecified atom stereocenters. The molecule has 0 fully saturated rings. The molecule has 2 aromatic rings. The summed E-state index contributed by atoms with van der Waals surface area (Å²) in [7, 11) is 1.66. The minimum atomic E-state index is 0.128. The van der Waals surface area contributed by atoms with Crippen LogP contribution in [0.5, 0.6) is 0 Å². The SMILES string of the molecule is COCCNCc1ccc(Cl)cc1-n1cnc(C#N)n1. The maximum atomic E-state index is 8.78. The van der Waals surface area contributed by atoms with Gasteiger partial charge in [0.25, 0.3) is 5.82 Å². The van der Waals surface area contributed by atoms with E-state index in [2.05, 4.69) is 15.4 Å². The lowest BCUT2D eigenvalue weighted by molar-refractivity contribution is 0.199. The summed E-state index contributed by atoms with van der Waals surface area (Å²) in [6, 6.07) is 7.44. The Labute approximate surface area is 121 Å². The van der Waals surface area contributed by atoms with Crippen LogP contribution in [0.15, 0.2) is 24.5 Å². The number of aromatic nitrogens is 3. The first-order chi connectivity index (χ1) is 9.74. The molecule has 2 rings (SSSR count). The van der Waals surface area contributed by atoms with Crippen LogP contribution in [0.1, 0.15) is 11.4 Å². The van der Waals surface area contributed by atoms with E-state index in [0.29, 0.717) is 18.2 Å². The van der Waals surface area contributed by atoms with Crippen LogP contribution < -0.4 is 5.32 Å². The lowest BCUT2D eigenvalue weighted by atomic mass is 10.2. The highest BCUT2D eigenvalue weighted by molar-refractivity contribution is 6.30. The number of ether oxygens (including phenoxy) is 1. The van der Waals surface area contributed by atoms with Crippen LogP contribution in [0.4, 0.5) is 0 Å². The molecule has 0 atom stereocenters. The summed E-state index contributed by atoms with van der Waals surface area (Å²) < 4.78 is 6.54. The van der Waals surface area contributed by atoms with Crippen molar-refractivity contribution in [1.82, 2.24) is 20.1 Å². The van der Waals surface area contributed by atoms with Crippen molar-refractivity contribution in [2.45, 2.75) is 6.54 Å². The smallest absolute Gasteiger partial charge is 0.252 e. The fourth-order valence-corrected chi connectivity index (χ4v) is 1.89. The van der Waals surface area contributed by atoms with Crippen LogP contribution in [-0.2, 0) is 11.3 Å². The highest BCUT2D eigenvalue weighted by Crippen LogP contribution is 2.19. The van der Waals surface area contributed by atoms with Crippen molar-refractivity contribution in [1.29, 1.82) is 5.26 Å². The van der Waals surface area contributed by atoms with Crippen molar-refractivity contribution in [3.8, 4) is 11.8 Å². The third kappa shape index (κ3) is 3.54. The van der Waals surface area contributed by atoms with E-state index in [1.54, 1.807) is 17.9 Å². The summed E-state index contributed by atoms with van der Waals surface area (Å²) in [6.07, 6.45) is 1.50. The van der Waals surface area contributed by atoms with E-state index in [-0.39, 0.29) is 5.82 Å². The van der Waals surface area contributed by atoms with E-state index in [1.807, 2.05) is 18.2 Å². The average Bonchev–Trinajstić information content (AvgIpc) is 2.93. The van der Waals surface area contributed by atoms with Gasteiger partial charge < -0.3 is 10.1 Å². The second kappa shape index (κ2) is 7.01. The maximum Gasteiger partial charge on any atom is 0.252 e. The lowest BCUT2D eigenvalue weighted by Gasteiger charge is -2.10. The van der Waals surface area contributed by atoms with E-state index in [4.69, 9.17) is 21.6 Å². The topological polar surface area (TPSA) is 75.8 Å². The predicted molar refractivity (Wildman–Crippen MR) is 74.7 cm³/mol. The molecule has 1 N–H and O–H groups in total. The van der Waals surface area contributed by atoms with Gasteiger partial charge in [-0.3, -0.25) is 0 Å². The number of hydrogen-bond donors (Lipinski definition) is 1. The Morgan fingerprint density at radius 2 is 2.35 bits per heavy atom. The van der Waals surface area contributed by atoms with Gasteiger partial charge in [-0.2, -0.15) is 5.26 Å². The van der Waals surface area contributed by atoms with Gasteiger partial charge in [-0.15, -0.1) is 5.10 Å². The van der Waals surface area contributed by atoms with Crippen LogP contribution in [0, 0.1) is 11.3 Å². The number of nitrogens with zero attached hydrogens (tertiary/aromatic N) is 4. The summed E-state index contributed by atoms with van der Waals surface area (Å²) in [5, 5.41) is 16.7. The minimum Gasteiger partial charge on any atom is -0.383 e. The second-order valence-electron chi connectivity index (χ2n) is 4.07. The van der Waals surface area contributed by atoms with E-state index < -0.39 is 0 Å². The van der Waals surface area contributed by atoms with Crippen molar-refractivity contribution in [3.63, 3.8) is 0 Å². The zero-order chi connectivity index (χ0) is 14.4. The van der Waals surface area contributed by atoms with Gasteiger partial charge >= 0.3 is 0 Å². The number of halogens is 1. The Kier molecular flexibility index (Phi) is 5.07. The normalized spacial score (nSPS) is 10.4. The molecule has 1 aromatic heterocycles. The Morgan fingerprint density at radius 1 is 1.50 bits per heavy atom. The van der Waals surface area contributed by atoms with Crippen LogP contribution >= 0.6 is 11.6 Å². The van der Waals surface area contributed by atoms with E-state index in [0.717, 1.165) is 17.8 Å². The Bertz CT molecular complexity index is 619. The van der Waals surface area contributed by atoms with Gasteiger partial charge in [-0.25, -0.2) is 9.67 Å². The predicted octanol–water partition coefficient (Wildman–Crippen LogP) is 1.53. The number of methoxy groups -OCH3 is 1. The van der Waals surface area contributed by atoms with Crippen molar-refractivity contribution in [2.75, 3.05) is 20.3 Å². The Balaban J connectivity index is 2.21. The largest absolute Gasteiger partial charge is 0.383 e. The van der Waals surface area contributed by atoms with Gasteiger partial charge in [0.2, 0.25) is 0 Å². The number of rotatable bonds is 6. The Hall–Kier alpha value is -1.94. The third-order valence-corrected chi connectivity index (χ3v) is 2.92. The highest BCUT2D eigenvalue weighted by atomic mass is 35.5. The molecule has 0 aliphatic rings. The molecule has 0 radical (unpaired) electrons. The summed E-state index contributed by atoms with van der Waals surface area (Å²) in [5.41, 5.74) is 1.82. The molecule has 1 heterocycles. The zero-order valence-electron chi connectivity index (χ0n) is 11.0. The molecular weight excluding hydrogens is 278 g/mol. The van der Waals surface area contributed by atoms with Crippen molar-refractivity contribution in [2.24, 2.45) is 0 Å². The molecule has 7 heteroatoms. The van der Waals surface area contributed by atoms with Crippen molar-refractivity contribution >= 4 is 11.6 Å². The summed E-state index contributed by atoms with van der Waals surface area (Å²) in [6.45, 7) is 2.04. The van der Waals surface area contributed by atoms with E-state index in [1.165, 1.54) is 6.33 Å². The van der Waals surface area contributed by atoms with Crippen molar-refractivity contribution in [3.05, 3.63) is 40.9 Å². The highest BCUT2D eigenvalue weighted by Gasteiger charge is 2.08. The van der Waals surface area contributed by atoms with Gasteiger partial charge in [-0.05, 0) is 17.7 Å². The van der Waals surface area contributed by atoms with Crippen LogP contribution in [0.3, 0.4) is 0 Å².